The van der Waals surface area contributed by atoms with Crippen molar-refractivity contribution >= 4 is 16.9 Å². The number of nitrogens with one attached hydrogen (secondary N) is 2. The maximum absolute atomic E-state index is 5.97. The van der Waals surface area contributed by atoms with E-state index in [1.54, 1.807) is 0 Å². The van der Waals surface area contributed by atoms with Crippen LogP contribution >= 0.6 is 0 Å². The second-order valence-corrected chi connectivity index (χ2v) is 7.17. The number of benzene rings is 1. The van der Waals surface area contributed by atoms with Crippen LogP contribution in [-0.2, 0) is 0 Å². The van der Waals surface area contributed by atoms with Gasteiger partial charge in [0.05, 0.1) is 12.6 Å². The Balaban J connectivity index is 1.66. The predicted octanol–water partition coefficient (Wildman–Crippen LogP) is 2.29. The monoisotopic (exact) mass is 357 g/mol. The molecule has 2 atom stereocenters. The van der Waals surface area contributed by atoms with E-state index in [0.717, 1.165) is 55.4 Å². The highest BCUT2D eigenvalue weighted by atomic mass is 16.3. The average molecular weight is 358 g/mol. The van der Waals surface area contributed by atoms with E-state index in [2.05, 4.69) is 60.5 Å². The Hall–Kier alpha value is -2.05. The molecule has 1 aliphatic heterocycles. The summed E-state index contributed by atoms with van der Waals surface area (Å²) in [7, 11) is 4.36. The Kier molecular flexibility index (Phi) is 6.16. The van der Waals surface area contributed by atoms with Gasteiger partial charge in [-0.15, -0.1) is 0 Å². The number of nitrogens with zero attached hydrogens (tertiary/aromatic N) is 3. The third-order valence-electron chi connectivity index (χ3n) is 5.01. The third kappa shape index (κ3) is 4.56. The van der Waals surface area contributed by atoms with Gasteiger partial charge in [-0.25, -0.2) is 0 Å². The first kappa shape index (κ1) is 18.7. The Morgan fingerprint density at radius 3 is 2.88 bits per heavy atom. The lowest BCUT2D eigenvalue weighted by Crippen LogP contribution is -2.51. The fourth-order valence-corrected chi connectivity index (χ4v) is 3.31. The zero-order valence-corrected chi connectivity index (χ0v) is 16.3. The second-order valence-electron chi connectivity index (χ2n) is 7.17. The maximum Gasteiger partial charge on any atom is 0.191 e. The molecule has 1 aliphatic rings. The van der Waals surface area contributed by atoms with Crippen LogP contribution < -0.4 is 10.6 Å². The molecule has 0 bridgehead atoms. The molecule has 1 saturated heterocycles. The van der Waals surface area contributed by atoms with E-state index >= 15 is 0 Å². The molecule has 3 rings (SSSR count). The van der Waals surface area contributed by atoms with Gasteiger partial charge in [-0.3, -0.25) is 9.89 Å². The summed E-state index contributed by atoms with van der Waals surface area (Å²) in [4.78, 5) is 9.60. The molecule has 6 heteroatoms. The van der Waals surface area contributed by atoms with Crippen LogP contribution in [0.2, 0.25) is 0 Å². The molecule has 142 valence electrons. The van der Waals surface area contributed by atoms with E-state index < -0.39 is 0 Å². The highest BCUT2D eigenvalue weighted by molar-refractivity contribution is 5.81. The van der Waals surface area contributed by atoms with Gasteiger partial charge in [0, 0.05) is 37.6 Å². The Morgan fingerprint density at radius 1 is 1.31 bits per heavy atom. The molecule has 2 aromatic rings. The summed E-state index contributed by atoms with van der Waals surface area (Å²) in [6.45, 7) is 9.07. The molecule has 1 aromatic carbocycles. The summed E-state index contributed by atoms with van der Waals surface area (Å²) < 4.78 is 5.97. The Bertz CT molecular complexity index is 708. The second kappa shape index (κ2) is 8.56. The number of fused-ring (bicyclic) bond motifs is 1. The summed E-state index contributed by atoms with van der Waals surface area (Å²) in [6.07, 6.45) is 0. The van der Waals surface area contributed by atoms with E-state index in [1.165, 1.54) is 0 Å². The van der Waals surface area contributed by atoms with Crippen LogP contribution in [0.1, 0.15) is 25.6 Å². The number of piperazine rings is 1. The number of furan rings is 1. The first-order valence-corrected chi connectivity index (χ1v) is 9.49. The molecule has 2 N–H and O–H groups in total. The zero-order valence-electron chi connectivity index (χ0n) is 16.3. The topological polar surface area (TPSA) is 56.0 Å². The van der Waals surface area contributed by atoms with E-state index in [1.807, 2.05) is 18.2 Å². The first-order chi connectivity index (χ1) is 12.6. The van der Waals surface area contributed by atoms with Crippen molar-refractivity contribution in [2.24, 2.45) is 4.99 Å². The largest absolute Gasteiger partial charge is 0.459 e. The number of rotatable bonds is 5. The number of hydrogen-bond donors (Lipinski definition) is 2. The molecule has 6 nitrogen and oxygen atoms in total. The summed E-state index contributed by atoms with van der Waals surface area (Å²) in [5.74, 6) is 1.76. The fraction of sp³-hybridized carbons (Fsp3) is 0.550. The van der Waals surface area contributed by atoms with E-state index in [-0.39, 0.29) is 6.04 Å². The van der Waals surface area contributed by atoms with Crippen LogP contribution in [0.3, 0.4) is 0 Å². The highest BCUT2D eigenvalue weighted by Crippen LogP contribution is 2.23. The van der Waals surface area contributed by atoms with Crippen molar-refractivity contribution in [1.29, 1.82) is 0 Å². The minimum absolute atomic E-state index is 0.0481. The molecule has 0 amide bonds. The molecule has 0 saturated carbocycles. The lowest BCUT2D eigenvalue weighted by molar-refractivity contribution is 0.119. The number of hydrogen-bond acceptors (Lipinski definition) is 4. The van der Waals surface area contributed by atoms with Gasteiger partial charge in [-0.1, -0.05) is 18.2 Å². The van der Waals surface area contributed by atoms with E-state index in [9.17, 15) is 0 Å². The fourth-order valence-electron chi connectivity index (χ4n) is 3.31. The smallest absolute Gasteiger partial charge is 0.191 e. The standard InChI is InChI=1S/C20H31N5O/c1-5-21-20(22-13-17-14-24(3)10-11-25(17)4)23-15(2)19-12-16-8-6-7-9-18(16)26-19/h6-9,12,15,17H,5,10-11,13-14H2,1-4H3,(H2,21,22,23). The minimum atomic E-state index is 0.0481. The van der Waals surface area contributed by atoms with Crippen LogP contribution in [0.15, 0.2) is 39.7 Å². The predicted molar refractivity (Wildman–Crippen MR) is 108 cm³/mol. The van der Waals surface area contributed by atoms with Crippen LogP contribution in [0.25, 0.3) is 11.0 Å². The van der Waals surface area contributed by atoms with Gasteiger partial charge in [-0.2, -0.15) is 0 Å². The summed E-state index contributed by atoms with van der Waals surface area (Å²) >= 11 is 0. The van der Waals surface area contributed by atoms with Crippen LogP contribution in [0, 0.1) is 0 Å². The van der Waals surface area contributed by atoms with Crippen molar-refractivity contribution in [3.05, 3.63) is 36.1 Å². The molecule has 0 aliphatic carbocycles. The molecule has 1 aromatic heterocycles. The molecule has 1 fully saturated rings. The normalized spacial score (nSPS) is 21.1. The van der Waals surface area contributed by atoms with Crippen molar-refractivity contribution in [1.82, 2.24) is 20.4 Å². The average Bonchev–Trinajstić information content (AvgIpc) is 3.07. The van der Waals surface area contributed by atoms with E-state index in [4.69, 9.17) is 9.41 Å². The first-order valence-electron chi connectivity index (χ1n) is 9.49. The van der Waals surface area contributed by atoms with E-state index in [0.29, 0.717) is 6.04 Å². The highest BCUT2D eigenvalue weighted by Gasteiger charge is 2.22. The van der Waals surface area contributed by atoms with Gasteiger partial charge in [0.25, 0.3) is 0 Å². The maximum atomic E-state index is 5.97. The van der Waals surface area contributed by atoms with Gasteiger partial charge in [0.15, 0.2) is 5.96 Å². The van der Waals surface area contributed by atoms with Crippen molar-refractivity contribution in [3.8, 4) is 0 Å². The molecule has 0 radical (unpaired) electrons. The van der Waals surface area contributed by atoms with Gasteiger partial charge in [-0.05, 0) is 40.1 Å². The quantitative estimate of drug-likeness (QED) is 0.635. The number of aliphatic imine (C=N–C) groups is 1. The molecule has 26 heavy (non-hydrogen) atoms. The minimum Gasteiger partial charge on any atom is -0.459 e. The van der Waals surface area contributed by atoms with Gasteiger partial charge in [0.2, 0.25) is 0 Å². The number of likely N-dealkylation sites (N-methyl/N-ethyl adjacent to an activating group) is 2. The van der Waals surface area contributed by atoms with Gasteiger partial charge >= 0.3 is 0 Å². The van der Waals surface area contributed by atoms with Crippen molar-refractivity contribution in [2.75, 3.05) is 46.8 Å². The summed E-state index contributed by atoms with van der Waals surface area (Å²) in [5.41, 5.74) is 0.921. The Labute approximate surface area is 156 Å². The molecule has 2 unspecified atom stereocenters. The zero-order chi connectivity index (χ0) is 18.5. The lowest BCUT2D eigenvalue weighted by atomic mass is 10.2. The molecular formula is C20H31N5O. The van der Waals surface area contributed by atoms with Crippen LogP contribution in [0.5, 0.6) is 0 Å². The van der Waals surface area contributed by atoms with Crippen LogP contribution in [0.4, 0.5) is 0 Å². The SMILES string of the molecule is CCNC(=NCC1CN(C)CCN1C)NC(C)c1cc2ccccc2o1. The van der Waals surface area contributed by atoms with Crippen molar-refractivity contribution in [3.63, 3.8) is 0 Å². The molecule has 0 spiro atoms. The molecule has 2 heterocycles. The Morgan fingerprint density at radius 2 is 2.12 bits per heavy atom. The number of guanidine groups is 1. The van der Waals surface area contributed by atoms with Gasteiger partial charge in [0.1, 0.15) is 11.3 Å². The third-order valence-corrected chi connectivity index (χ3v) is 5.01. The molecular weight excluding hydrogens is 326 g/mol. The summed E-state index contributed by atoms with van der Waals surface area (Å²) in [6, 6.07) is 10.7. The number of para-hydroxylation sites is 1. The summed E-state index contributed by atoms with van der Waals surface area (Å²) in [5, 5.41) is 7.95. The van der Waals surface area contributed by atoms with Gasteiger partial charge < -0.3 is 20.0 Å². The van der Waals surface area contributed by atoms with Crippen molar-refractivity contribution < 1.29 is 4.42 Å². The van der Waals surface area contributed by atoms with Crippen LogP contribution in [-0.4, -0.2) is 68.6 Å². The lowest BCUT2D eigenvalue weighted by Gasteiger charge is -2.37. The van der Waals surface area contributed by atoms with Crippen molar-refractivity contribution in [2.45, 2.75) is 25.9 Å².